The molecule has 2 aromatic rings. The van der Waals surface area contributed by atoms with E-state index in [-0.39, 0.29) is 49.6 Å². The molecule has 4 rings (SSSR count). The molecule has 2 fully saturated rings. The van der Waals surface area contributed by atoms with E-state index in [0.29, 0.717) is 15.6 Å². The van der Waals surface area contributed by atoms with Crippen LogP contribution >= 0.6 is 23.2 Å². The average Bonchev–Trinajstić information content (AvgIpc) is 3.63. The third-order valence-electron chi connectivity index (χ3n) is 6.81. The zero-order valence-corrected chi connectivity index (χ0v) is 23.0. The van der Waals surface area contributed by atoms with Gasteiger partial charge in [0.2, 0.25) is 10.0 Å². The summed E-state index contributed by atoms with van der Waals surface area (Å²) in [5.41, 5.74) is 0.333. The highest BCUT2D eigenvalue weighted by Gasteiger charge is 2.46. The van der Waals surface area contributed by atoms with Crippen LogP contribution in [-0.2, 0) is 21.4 Å². The predicted molar refractivity (Wildman–Crippen MR) is 140 cm³/mol. The van der Waals surface area contributed by atoms with Crippen molar-refractivity contribution in [3.8, 4) is 0 Å². The third kappa shape index (κ3) is 6.81. The number of nitrogens with one attached hydrogen (secondary N) is 1. The van der Waals surface area contributed by atoms with E-state index in [0.717, 1.165) is 30.4 Å². The van der Waals surface area contributed by atoms with E-state index in [1.54, 1.807) is 6.07 Å². The molecule has 0 aromatic heterocycles. The number of likely N-dealkylation sites (tertiary alicyclic amines) is 1. The number of amides is 1. The summed E-state index contributed by atoms with van der Waals surface area (Å²) in [6, 6.07) is 7.90. The summed E-state index contributed by atoms with van der Waals surface area (Å²) in [6.07, 6.45) is 2.51. The maximum atomic E-state index is 15.3. The summed E-state index contributed by atoms with van der Waals surface area (Å²) in [4.78, 5) is 14.4. The Morgan fingerprint density at radius 2 is 1.81 bits per heavy atom. The second-order valence-electron chi connectivity index (χ2n) is 9.82. The maximum Gasteiger partial charge on any atom is 0.267 e. The van der Waals surface area contributed by atoms with Gasteiger partial charge in [-0.3, -0.25) is 9.69 Å². The Kier molecular flexibility index (Phi) is 8.50. The Hall–Kier alpha value is -1.78. The summed E-state index contributed by atoms with van der Waals surface area (Å²) in [6.45, 7) is 3.61. The molecule has 0 bridgehead atoms. The van der Waals surface area contributed by atoms with E-state index < -0.39 is 27.4 Å². The van der Waals surface area contributed by atoms with Crippen LogP contribution < -0.4 is 4.72 Å². The Morgan fingerprint density at radius 3 is 2.38 bits per heavy atom. The summed E-state index contributed by atoms with van der Waals surface area (Å²) >= 11 is 12.3. The summed E-state index contributed by atoms with van der Waals surface area (Å²) in [5.74, 6) is -2.00. The van der Waals surface area contributed by atoms with E-state index in [9.17, 15) is 17.6 Å². The Bertz CT molecular complexity index is 1260. The van der Waals surface area contributed by atoms with E-state index in [4.69, 9.17) is 27.9 Å². The molecule has 1 saturated heterocycles. The first-order chi connectivity index (χ1) is 17.4. The van der Waals surface area contributed by atoms with Gasteiger partial charge in [0.05, 0.1) is 24.5 Å². The van der Waals surface area contributed by atoms with Crippen LogP contribution in [0.25, 0.3) is 0 Å². The molecule has 6 nitrogen and oxygen atoms in total. The minimum atomic E-state index is -3.82. The molecule has 0 spiro atoms. The lowest BCUT2D eigenvalue weighted by Crippen LogP contribution is -2.62. The predicted octanol–water partition coefficient (Wildman–Crippen LogP) is 5.78. The van der Waals surface area contributed by atoms with Crippen molar-refractivity contribution in [2.24, 2.45) is 0 Å². The minimum absolute atomic E-state index is 0.00924. The molecule has 202 valence electrons. The van der Waals surface area contributed by atoms with Gasteiger partial charge in [0.15, 0.2) is 5.67 Å². The van der Waals surface area contributed by atoms with Crippen molar-refractivity contribution in [2.75, 3.05) is 25.4 Å². The highest BCUT2D eigenvalue weighted by Crippen LogP contribution is 2.43. The maximum absolute atomic E-state index is 15.3. The van der Waals surface area contributed by atoms with Crippen molar-refractivity contribution in [3.05, 3.63) is 68.4 Å². The van der Waals surface area contributed by atoms with Crippen molar-refractivity contribution in [1.29, 1.82) is 0 Å². The molecule has 1 N–H and O–H groups in total. The number of alkyl halides is 1. The molecule has 1 amide bonds. The van der Waals surface area contributed by atoms with Gasteiger partial charge in [0, 0.05) is 29.2 Å². The van der Waals surface area contributed by atoms with Crippen LogP contribution in [0, 0.1) is 5.82 Å². The molecular formula is C26H30Cl2F2N2O4S. The Labute approximate surface area is 226 Å². The molecule has 1 unspecified atom stereocenters. The lowest BCUT2D eigenvalue weighted by atomic mass is 9.91. The summed E-state index contributed by atoms with van der Waals surface area (Å²) in [5, 5.41) is 1.07. The number of carbonyl (C=O) groups is 1. The molecule has 1 heterocycles. The number of hydrogen-bond acceptors (Lipinski definition) is 5. The molecule has 0 radical (unpaired) electrons. The zero-order chi connectivity index (χ0) is 27.0. The van der Waals surface area contributed by atoms with Crippen molar-refractivity contribution in [1.82, 2.24) is 9.62 Å². The molecule has 1 aliphatic heterocycles. The molecule has 11 heteroatoms. The van der Waals surface area contributed by atoms with Gasteiger partial charge in [0.1, 0.15) is 5.82 Å². The third-order valence-corrected chi connectivity index (χ3v) is 8.50. The minimum Gasteiger partial charge on any atom is -0.373 e. The van der Waals surface area contributed by atoms with Gasteiger partial charge in [-0.05, 0) is 79.1 Å². The van der Waals surface area contributed by atoms with Crippen LogP contribution in [0.1, 0.15) is 72.1 Å². The molecular weight excluding hydrogens is 545 g/mol. The van der Waals surface area contributed by atoms with Gasteiger partial charge in [-0.1, -0.05) is 30.1 Å². The van der Waals surface area contributed by atoms with E-state index in [1.807, 2.05) is 28.7 Å². The van der Waals surface area contributed by atoms with Gasteiger partial charge in [-0.2, -0.15) is 0 Å². The molecule has 2 aliphatic rings. The first-order valence-electron chi connectivity index (χ1n) is 12.3. The van der Waals surface area contributed by atoms with Crippen molar-refractivity contribution in [2.45, 2.75) is 57.3 Å². The second kappa shape index (κ2) is 11.1. The van der Waals surface area contributed by atoms with Crippen LogP contribution in [0.3, 0.4) is 0 Å². The fourth-order valence-corrected chi connectivity index (χ4v) is 5.86. The second-order valence-corrected chi connectivity index (χ2v) is 12.7. The smallest absolute Gasteiger partial charge is 0.267 e. The Balaban J connectivity index is 1.38. The number of rotatable bonds is 11. The number of halogens is 4. The summed E-state index contributed by atoms with van der Waals surface area (Å²) < 4.78 is 61.1. The lowest BCUT2D eigenvalue weighted by Gasteiger charge is -2.48. The fraction of sp³-hybridized carbons (Fsp3) is 0.500. The van der Waals surface area contributed by atoms with Crippen molar-refractivity contribution >= 4 is 39.1 Å². The van der Waals surface area contributed by atoms with E-state index in [1.165, 1.54) is 19.1 Å². The van der Waals surface area contributed by atoms with Gasteiger partial charge >= 0.3 is 0 Å². The molecule has 1 aliphatic carbocycles. The van der Waals surface area contributed by atoms with Crippen LogP contribution in [0.2, 0.25) is 10.0 Å². The summed E-state index contributed by atoms with van der Waals surface area (Å²) in [7, 11) is -3.82. The standard InChI is InChI=1S/C26H30Cl2F2N2O4S/c1-3-24(17-7-19(27)10-20(28)8-17)32-13-26(30,14-32)15-36-12-18-9-23(29)22(11-21(18)16-5-6-16)25(33)31-37(34,35)4-2/h7-11,16,24H,3-6,12-15H2,1-2H3,(H,31,33). The van der Waals surface area contributed by atoms with Crippen molar-refractivity contribution < 1.29 is 26.7 Å². The largest absolute Gasteiger partial charge is 0.373 e. The lowest BCUT2D eigenvalue weighted by molar-refractivity contribution is -0.107. The number of carbonyl (C=O) groups excluding carboxylic acids is 1. The van der Waals surface area contributed by atoms with E-state index in [2.05, 4.69) is 0 Å². The van der Waals surface area contributed by atoms with Gasteiger partial charge in [-0.25, -0.2) is 21.9 Å². The quantitative estimate of drug-likeness (QED) is 0.368. The molecule has 1 atom stereocenters. The highest BCUT2D eigenvalue weighted by atomic mass is 35.5. The normalized spacial score (nSPS) is 18.3. The van der Waals surface area contributed by atoms with Gasteiger partial charge < -0.3 is 4.74 Å². The van der Waals surface area contributed by atoms with Crippen molar-refractivity contribution in [3.63, 3.8) is 0 Å². The molecule has 1 saturated carbocycles. The number of ether oxygens (including phenoxy) is 1. The molecule has 37 heavy (non-hydrogen) atoms. The van der Waals surface area contributed by atoms with E-state index >= 15 is 4.39 Å². The monoisotopic (exact) mass is 574 g/mol. The number of benzene rings is 2. The zero-order valence-electron chi connectivity index (χ0n) is 20.7. The number of sulfonamides is 1. The van der Waals surface area contributed by atoms with Gasteiger partial charge in [-0.15, -0.1) is 0 Å². The van der Waals surface area contributed by atoms with Crippen LogP contribution in [0.4, 0.5) is 8.78 Å². The van der Waals surface area contributed by atoms with Crippen LogP contribution in [0.15, 0.2) is 30.3 Å². The first kappa shape index (κ1) is 28.2. The Morgan fingerprint density at radius 1 is 1.16 bits per heavy atom. The average molecular weight is 576 g/mol. The molecule has 2 aromatic carbocycles. The topological polar surface area (TPSA) is 75.7 Å². The SMILES string of the molecule is CCC(c1cc(Cl)cc(Cl)c1)N1CC(F)(COCc2cc(F)c(C(=O)NS(=O)(=O)CC)cc2C2CC2)C1. The fourth-order valence-electron chi connectivity index (χ4n) is 4.78. The van der Waals surface area contributed by atoms with Crippen LogP contribution in [0.5, 0.6) is 0 Å². The van der Waals surface area contributed by atoms with Crippen LogP contribution in [-0.4, -0.2) is 50.3 Å². The van der Waals surface area contributed by atoms with Gasteiger partial charge in [0.25, 0.3) is 5.91 Å². The number of hydrogen-bond donors (Lipinski definition) is 1. The first-order valence-corrected chi connectivity index (χ1v) is 14.7. The highest BCUT2D eigenvalue weighted by molar-refractivity contribution is 7.90. The number of nitrogens with zero attached hydrogens (tertiary/aromatic N) is 1.